The Morgan fingerprint density at radius 2 is 1.66 bits per heavy atom. The van der Waals surface area contributed by atoms with Crippen molar-refractivity contribution in [1.29, 1.82) is 0 Å². The SMILES string of the molecule is COc1ccc(-c2nnc(SCc3ccc(F)cc3)n2-c2ccccc2C)cc1. The number of hydrogen-bond acceptors (Lipinski definition) is 4. The highest BCUT2D eigenvalue weighted by atomic mass is 32.2. The molecule has 4 rings (SSSR count). The minimum absolute atomic E-state index is 0.233. The van der Waals surface area contributed by atoms with Crippen LogP contribution >= 0.6 is 11.8 Å². The Kier molecular flexibility index (Phi) is 5.62. The lowest BCUT2D eigenvalue weighted by molar-refractivity contribution is 0.415. The zero-order chi connectivity index (χ0) is 20.2. The number of nitrogens with zero attached hydrogens (tertiary/aromatic N) is 3. The highest BCUT2D eigenvalue weighted by Crippen LogP contribution is 2.31. The maximum atomic E-state index is 13.2. The Morgan fingerprint density at radius 1 is 0.931 bits per heavy atom. The summed E-state index contributed by atoms with van der Waals surface area (Å²) in [6.07, 6.45) is 0. The summed E-state index contributed by atoms with van der Waals surface area (Å²) in [5, 5.41) is 9.72. The number of hydrogen-bond donors (Lipinski definition) is 0. The average Bonchev–Trinajstić information content (AvgIpc) is 3.17. The lowest BCUT2D eigenvalue weighted by Crippen LogP contribution is -2.02. The van der Waals surface area contributed by atoms with Crippen molar-refractivity contribution in [2.45, 2.75) is 17.8 Å². The van der Waals surface area contributed by atoms with Gasteiger partial charge in [0.2, 0.25) is 0 Å². The van der Waals surface area contributed by atoms with Crippen LogP contribution < -0.4 is 4.74 Å². The number of rotatable bonds is 6. The van der Waals surface area contributed by atoms with Crippen LogP contribution in [0.25, 0.3) is 17.1 Å². The van der Waals surface area contributed by atoms with Gasteiger partial charge in [-0.1, -0.05) is 42.1 Å². The first-order valence-corrected chi connectivity index (χ1v) is 10.2. The van der Waals surface area contributed by atoms with Gasteiger partial charge in [0.25, 0.3) is 0 Å². The predicted molar refractivity (Wildman–Crippen MR) is 114 cm³/mol. The molecule has 1 aromatic heterocycles. The number of para-hydroxylation sites is 1. The molecule has 3 aromatic carbocycles. The second-order valence-electron chi connectivity index (χ2n) is 6.57. The maximum absolute atomic E-state index is 13.2. The first kappa shape index (κ1) is 19.2. The lowest BCUT2D eigenvalue weighted by Gasteiger charge is -2.13. The van der Waals surface area contributed by atoms with Crippen molar-refractivity contribution in [1.82, 2.24) is 14.8 Å². The topological polar surface area (TPSA) is 39.9 Å². The molecule has 0 unspecified atom stereocenters. The summed E-state index contributed by atoms with van der Waals surface area (Å²) in [6.45, 7) is 2.07. The molecular formula is C23H20FN3OS. The molecule has 0 fully saturated rings. The maximum Gasteiger partial charge on any atom is 0.196 e. The third-order valence-electron chi connectivity index (χ3n) is 4.62. The molecule has 0 spiro atoms. The van der Waals surface area contributed by atoms with E-state index in [4.69, 9.17) is 4.74 Å². The number of aryl methyl sites for hydroxylation is 1. The van der Waals surface area contributed by atoms with Crippen LogP contribution in [-0.4, -0.2) is 21.9 Å². The molecule has 1 heterocycles. The molecule has 0 aliphatic carbocycles. The van der Waals surface area contributed by atoms with Gasteiger partial charge >= 0.3 is 0 Å². The van der Waals surface area contributed by atoms with E-state index >= 15 is 0 Å². The number of methoxy groups -OCH3 is 1. The van der Waals surface area contributed by atoms with Gasteiger partial charge in [-0.2, -0.15) is 0 Å². The molecule has 0 N–H and O–H groups in total. The first-order chi connectivity index (χ1) is 14.2. The number of benzene rings is 3. The molecule has 0 bridgehead atoms. The molecule has 0 atom stereocenters. The fourth-order valence-electron chi connectivity index (χ4n) is 3.05. The summed E-state index contributed by atoms with van der Waals surface area (Å²) in [5.74, 6) is 2.00. The average molecular weight is 405 g/mol. The Labute approximate surface area is 173 Å². The van der Waals surface area contributed by atoms with E-state index < -0.39 is 0 Å². The van der Waals surface area contributed by atoms with E-state index in [2.05, 4.69) is 33.8 Å². The van der Waals surface area contributed by atoms with Crippen molar-refractivity contribution in [3.8, 4) is 22.8 Å². The van der Waals surface area contributed by atoms with Crippen molar-refractivity contribution < 1.29 is 9.13 Å². The normalized spacial score (nSPS) is 10.9. The van der Waals surface area contributed by atoms with Gasteiger partial charge < -0.3 is 4.74 Å². The van der Waals surface area contributed by atoms with Gasteiger partial charge in [-0.05, 0) is 60.5 Å². The van der Waals surface area contributed by atoms with Gasteiger partial charge in [-0.15, -0.1) is 10.2 Å². The summed E-state index contributed by atoms with van der Waals surface area (Å²) in [7, 11) is 1.65. The summed E-state index contributed by atoms with van der Waals surface area (Å²) < 4.78 is 20.5. The fourth-order valence-corrected chi connectivity index (χ4v) is 3.95. The predicted octanol–water partition coefficient (Wildman–Crippen LogP) is 5.68. The van der Waals surface area contributed by atoms with Crippen molar-refractivity contribution in [2.24, 2.45) is 0 Å². The molecule has 6 heteroatoms. The second-order valence-corrected chi connectivity index (χ2v) is 7.51. The van der Waals surface area contributed by atoms with Crippen LogP contribution in [0.3, 0.4) is 0 Å². The van der Waals surface area contributed by atoms with E-state index in [1.54, 1.807) is 31.0 Å². The van der Waals surface area contributed by atoms with E-state index in [-0.39, 0.29) is 5.82 Å². The molecule has 0 saturated heterocycles. The van der Waals surface area contributed by atoms with Crippen molar-refractivity contribution in [3.63, 3.8) is 0 Å². The van der Waals surface area contributed by atoms with Crippen molar-refractivity contribution in [3.05, 3.63) is 89.7 Å². The molecule has 0 aliphatic rings. The molecule has 0 radical (unpaired) electrons. The number of aromatic nitrogens is 3. The zero-order valence-electron chi connectivity index (χ0n) is 16.2. The largest absolute Gasteiger partial charge is 0.497 e. The Balaban J connectivity index is 1.73. The minimum atomic E-state index is -0.233. The third kappa shape index (κ3) is 4.17. The molecule has 0 amide bonds. The van der Waals surface area contributed by atoms with Crippen LogP contribution in [0.15, 0.2) is 78.0 Å². The van der Waals surface area contributed by atoms with E-state index in [9.17, 15) is 4.39 Å². The van der Waals surface area contributed by atoms with E-state index in [1.807, 2.05) is 36.4 Å². The van der Waals surface area contributed by atoms with Crippen molar-refractivity contribution in [2.75, 3.05) is 7.11 Å². The third-order valence-corrected chi connectivity index (χ3v) is 5.62. The quantitative estimate of drug-likeness (QED) is 0.387. The molecule has 4 aromatic rings. The molecule has 0 aliphatic heterocycles. The zero-order valence-corrected chi connectivity index (χ0v) is 17.0. The number of thioether (sulfide) groups is 1. The Hall–Kier alpha value is -3.12. The standard InChI is InChI=1S/C23H20FN3OS/c1-16-5-3-4-6-21(16)27-22(18-9-13-20(28-2)14-10-18)25-26-23(27)29-15-17-7-11-19(24)12-8-17/h3-14H,15H2,1-2H3. The van der Waals surface area contributed by atoms with Gasteiger partial charge in [0.05, 0.1) is 12.8 Å². The smallest absolute Gasteiger partial charge is 0.196 e. The molecule has 29 heavy (non-hydrogen) atoms. The minimum Gasteiger partial charge on any atom is -0.497 e. The van der Waals surface area contributed by atoms with Gasteiger partial charge in [0, 0.05) is 11.3 Å². The van der Waals surface area contributed by atoms with Crippen LogP contribution in [0.4, 0.5) is 4.39 Å². The number of halogens is 1. The summed E-state index contributed by atoms with van der Waals surface area (Å²) >= 11 is 1.57. The number of ether oxygens (including phenoxy) is 1. The Morgan fingerprint density at radius 3 is 2.34 bits per heavy atom. The van der Waals surface area contributed by atoms with Crippen LogP contribution in [-0.2, 0) is 5.75 Å². The molecule has 146 valence electrons. The van der Waals surface area contributed by atoms with Gasteiger partial charge in [0.15, 0.2) is 11.0 Å². The van der Waals surface area contributed by atoms with Crippen LogP contribution in [0.2, 0.25) is 0 Å². The van der Waals surface area contributed by atoms with E-state index in [0.29, 0.717) is 5.75 Å². The molecular weight excluding hydrogens is 385 g/mol. The molecule has 4 nitrogen and oxygen atoms in total. The monoisotopic (exact) mass is 405 g/mol. The fraction of sp³-hybridized carbons (Fsp3) is 0.130. The van der Waals surface area contributed by atoms with E-state index in [1.165, 1.54) is 12.1 Å². The van der Waals surface area contributed by atoms with Crippen molar-refractivity contribution >= 4 is 11.8 Å². The summed E-state index contributed by atoms with van der Waals surface area (Å²) in [4.78, 5) is 0. The second kappa shape index (κ2) is 8.49. The van der Waals surface area contributed by atoms with Crippen LogP contribution in [0.5, 0.6) is 5.75 Å². The summed E-state index contributed by atoms with van der Waals surface area (Å²) in [6, 6.07) is 22.5. The van der Waals surface area contributed by atoms with Crippen LogP contribution in [0.1, 0.15) is 11.1 Å². The highest BCUT2D eigenvalue weighted by Gasteiger charge is 2.17. The van der Waals surface area contributed by atoms with E-state index in [0.717, 1.165) is 39.1 Å². The summed E-state index contributed by atoms with van der Waals surface area (Å²) in [5.41, 5.74) is 4.15. The first-order valence-electron chi connectivity index (χ1n) is 9.19. The van der Waals surface area contributed by atoms with Gasteiger partial charge in [-0.25, -0.2) is 4.39 Å². The highest BCUT2D eigenvalue weighted by molar-refractivity contribution is 7.98. The lowest BCUT2D eigenvalue weighted by atomic mass is 10.1. The Bertz CT molecular complexity index is 1110. The van der Waals surface area contributed by atoms with Gasteiger partial charge in [-0.3, -0.25) is 4.57 Å². The molecule has 0 saturated carbocycles. The van der Waals surface area contributed by atoms with Gasteiger partial charge in [0.1, 0.15) is 11.6 Å². The van der Waals surface area contributed by atoms with Crippen LogP contribution in [0, 0.1) is 12.7 Å².